The van der Waals surface area contributed by atoms with E-state index in [1.54, 1.807) is 0 Å². The molecule has 6 N–H and O–H groups in total. The van der Waals surface area contributed by atoms with Crippen molar-refractivity contribution in [3.63, 3.8) is 0 Å². The fraction of sp³-hybridized carbons (Fsp3) is 1.00. The van der Waals surface area contributed by atoms with Crippen LogP contribution in [0.1, 0.15) is 13.3 Å². The third kappa shape index (κ3) is 3.83. The van der Waals surface area contributed by atoms with Gasteiger partial charge in [0.2, 0.25) is 0 Å². The molecule has 1 heterocycles. The Bertz CT molecular complexity index is 275. The second kappa shape index (κ2) is 6.91. The van der Waals surface area contributed by atoms with Crippen LogP contribution in [0.25, 0.3) is 0 Å². The molecule has 0 aromatic rings. The van der Waals surface area contributed by atoms with E-state index in [2.05, 4.69) is 0 Å². The van der Waals surface area contributed by atoms with E-state index >= 15 is 0 Å². The summed E-state index contributed by atoms with van der Waals surface area (Å²) < 4.78 is 10.5. The topological polar surface area (TPSA) is 140 Å². The van der Waals surface area contributed by atoms with E-state index in [0.717, 1.165) is 0 Å². The van der Waals surface area contributed by atoms with Gasteiger partial charge in [-0.2, -0.15) is 0 Å². The molecule has 19 heavy (non-hydrogen) atoms. The molecule has 0 aliphatic carbocycles. The van der Waals surface area contributed by atoms with E-state index in [1.807, 2.05) is 0 Å². The van der Waals surface area contributed by atoms with Gasteiger partial charge in [-0.05, 0) is 6.92 Å². The van der Waals surface area contributed by atoms with Gasteiger partial charge < -0.3 is 40.1 Å². The maximum absolute atomic E-state index is 9.84. The van der Waals surface area contributed by atoms with Gasteiger partial charge in [-0.3, -0.25) is 0 Å². The average molecular weight is 282 g/mol. The van der Waals surface area contributed by atoms with Crippen LogP contribution in [0.3, 0.4) is 0 Å². The fourth-order valence-corrected chi connectivity index (χ4v) is 2.07. The number of hydrogen-bond acceptors (Lipinski definition) is 8. The van der Waals surface area contributed by atoms with Gasteiger partial charge in [0.1, 0.15) is 18.3 Å². The third-order valence-corrected chi connectivity index (χ3v) is 3.20. The Morgan fingerprint density at radius 3 is 2.47 bits per heavy atom. The van der Waals surface area contributed by atoms with Gasteiger partial charge in [-0.1, -0.05) is 0 Å². The minimum atomic E-state index is -1.61. The lowest BCUT2D eigenvalue weighted by Gasteiger charge is -2.45. The molecule has 0 radical (unpaired) electrons. The molecular weight excluding hydrogens is 260 g/mol. The molecule has 0 unspecified atom stereocenters. The third-order valence-electron chi connectivity index (χ3n) is 3.20. The highest BCUT2D eigenvalue weighted by Gasteiger charge is 2.49. The van der Waals surface area contributed by atoms with E-state index in [0.29, 0.717) is 0 Å². The standard InChI is InChI=1S/C11H22O8/c1-11(18-3-2-12)10(17)6(14)4-8(19-11)9(16)7(15)5-13/h6-10,12-17H,2-5H2,1H3/t6-,7-,8+,9+,10+,11-/m0/s1. The van der Waals surface area contributed by atoms with Gasteiger partial charge in [0.05, 0.1) is 32.0 Å². The number of aliphatic hydroxyl groups excluding tert-OH is 6. The maximum Gasteiger partial charge on any atom is 0.194 e. The van der Waals surface area contributed by atoms with Crippen LogP contribution in [0.5, 0.6) is 0 Å². The Morgan fingerprint density at radius 2 is 1.95 bits per heavy atom. The number of ether oxygens (including phenoxy) is 2. The van der Waals surface area contributed by atoms with Crippen molar-refractivity contribution in [1.29, 1.82) is 0 Å². The summed E-state index contributed by atoms with van der Waals surface area (Å²) >= 11 is 0. The van der Waals surface area contributed by atoms with E-state index in [4.69, 9.17) is 19.7 Å². The summed E-state index contributed by atoms with van der Waals surface area (Å²) in [7, 11) is 0. The SMILES string of the molecule is C[C@]1(OCCO)O[C@@H]([C@H](O)[C@@H](O)CO)C[C@H](O)[C@H]1O. The van der Waals surface area contributed by atoms with Crippen molar-refractivity contribution in [3.8, 4) is 0 Å². The monoisotopic (exact) mass is 282 g/mol. The second-order valence-electron chi connectivity index (χ2n) is 4.73. The number of hydrogen-bond donors (Lipinski definition) is 6. The van der Waals surface area contributed by atoms with Gasteiger partial charge in [-0.25, -0.2) is 0 Å². The number of rotatable bonds is 6. The molecule has 6 atom stereocenters. The Labute approximate surface area is 110 Å². The van der Waals surface area contributed by atoms with Gasteiger partial charge in [0, 0.05) is 6.42 Å². The van der Waals surface area contributed by atoms with E-state index in [-0.39, 0.29) is 19.6 Å². The molecule has 1 aliphatic rings. The largest absolute Gasteiger partial charge is 0.394 e. The van der Waals surface area contributed by atoms with Gasteiger partial charge in [0.25, 0.3) is 0 Å². The van der Waals surface area contributed by atoms with Crippen LogP contribution in [0, 0.1) is 0 Å². The zero-order valence-electron chi connectivity index (χ0n) is 10.7. The quantitative estimate of drug-likeness (QED) is 0.302. The molecule has 0 aromatic carbocycles. The van der Waals surface area contributed by atoms with E-state index < -0.39 is 42.9 Å². The first kappa shape index (κ1) is 16.7. The first-order valence-electron chi connectivity index (χ1n) is 6.11. The highest BCUT2D eigenvalue weighted by Crippen LogP contribution is 2.32. The van der Waals surface area contributed by atoms with E-state index in [9.17, 15) is 20.4 Å². The Balaban J connectivity index is 2.77. The van der Waals surface area contributed by atoms with Crippen LogP contribution in [0.15, 0.2) is 0 Å². The lowest BCUT2D eigenvalue weighted by molar-refractivity contribution is -0.345. The average Bonchev–Trinajstić information content (AvgIpc) is 2.40. The van der Waals surface area contributed by atoms with Crippen molar-refractivity contribution in [2.24, 2.45) is 0 Å². The molecule has 1 rings (SSSR count). The Morgan fingerprint density at radius 1 is 1.32 bits per heavy atom. The molecule has 1 saturated heterocycles. The second-order valence-corrected chi connectivity index (χ2v) is 4.73. The van der Waals surface area contributed by atoms with Crippen molar-refractivity contribution in [2.75, 3.05) is 19.8 Å². The van der Waals surface area contributed by atoms with Crippen molar-refractivity contribution in [1.82, 2.24) is 0 Å². The summed E-state index contributed by atoms with van der Waals surface area (Å²) in [6.07, 6.45) is -6.54. The molecule has 0 spiro atoms. The predicted molar refractivity (Wildman–Crippen MR) is 62.0 cm³/mol. The van der Waals surface area contributed by atoms with Crippen LogP contribution in [-0.2, 0) is 9.47 Å². The normalized spacial score (nSPS) is 39.0. The van der Waals surface area contributed by atoms with Crippen molar-refractivity contribution >= 4 is 0 Å². The fourth-order valence-electron chi connectivity index (χ4n) is 2.07. The smallest absolute Gasteiger partial charge is 0.194 e. The molecule has 8 nitrogen and oxygen atoms in total. The lowest BCUT2D eigenvalue weighted by atomic mass is 9.92. The predicted octanol–water partition coefficient (Wildman–Crippen LogP) is -3.06. The molecule has 0 amide bonds. The zero-order chi connectivity index (χ0) is 14.6. The summed E-state index contributed by atoms with van der Waals surface area (Å²) in [4.78, 5) is 0. The molecule has 1 aliphatic heterocycles. The van der Waals surface area contributed by atoms with Crippen molar-refractivity contribution < 1.29 is 40.1 Å². The molecule has 1 fully saturated rings. The highest BCUT2D eigenvalue weighted by atomic mass is 16.7. The minimum absolute atomic E-state index is 0.114. The van der Waals surface area contributed by atoms with Crippen LogP contribution in [0.4, 0.5) is 0 Å². The van der Waals surface area contributed by atoms with Crippen LogP contribution >= 0.6 is 0 Å². The Hall–Kier alpha value is -0.320. The van der Waals surface area contributed by atoms with Crippen molar-refractivity contribution in [2.45, 2.75) is 49.7 Å². The van der Waals surface area contributed by atoms with Crippen molar-refractivity contribution in [3.05, 3.63) is 0 Å². The molecule has 8 heteroatoms. The van der Waals surface area contributed by atoms with Crippen LogP contribution < -0.4 is 0 Å². The highest BCUT2D eigenvalue weighted by molar-refractivity contribution is 4.92. The molecule has 0 bridgehead atoms. The van der Waals surface area contributed by atoms with Crippen LogP contribution in [0.2, 0.25) is 0 Å². The van der Waals surface area contributed by atoms with E-state index in [1.165, 1.54) is 6.92 Å². The maximum atomic E-state index is 9.84. The van der Waals surface area contributed by atoms with Gasteiger partial charge in [-0.15, -0.1) is 0 Å². The summed E-state index contributed by atoms with van der Waals surface area (Å²) in [5.74, 6) is -1.61. The number of aliphatic hydroxyl groups is 6. The summed E-state index contributed by atoms with van der Waals surface area (Å²) in [6.45, 7) is 0.286. The molecular formula is C11H22O8. The molecule has 0 aromatic heterocycles. The zero-order valence-corrected chi connectivity index (χ0v) is 10.7. The summed E-state index contributed by atoms with van der Waals surface area (Å²) in [5.41, 5.74) is 0. The molecule has 114 valence electrons. The first-order chi connectivity index (χ1) is 8.85. The van der Waals surface area contributed by atoms with Gasteiger partial charge >= 0.3 is 0 Å². The summed E-state index contributed by atoms with van der Waals surface area (Å²) in [6, 6.07) is 0. The summed E-state index contributed by atoms with van der Waals surface area (Å²) in [5, 5.41) is 56.2. The van der Waals surface area contributed by atoms with Crippen LogP contribution in [-0.4, -0.2) is 86.8 Å². The first-order valence-corrected chi connectivity index (χ1v) is 6.11. The lowest BCUT2D eigenvalue weighted by Crippen LogP contribution is -2.61. The Kier molecular flexibility index (Phi) is 6.09. The molecule has 0 saturated carbocycles. The van der Waals surface area contributed by atoms with Gasteiger partial charge in [0.15, 0.2) is 5.79 Å². The minimum Gasteiger partial charge on any atom is -0.394 e.